The van der Waals surface area contributed by atoms with Crippen molar-refractivity contribution in [3.63, 3.8) is 0 Å². The Labute approximate surface area is 151 Å². The Balaban J connectivity index is 2.12. The van der Waals surface area contributed by atoms with Crippen LogP contribution in [0, 0.1) is 0 Å². The molecule has 0 saturated heterocycles. The van der Waals surface area contributed by atoms with Crippen LogP contribution >= 0.6 is 0 Å². The molecule has 3 rings (SSSR count). The molecule has 26 heavy (non-hydrogen) atoms. The van der Waals surface area contributed by atoms with Crippen molar-refractivity contribution in [2.24, 2.45) is 0 Å². The first kappa shape index (κ1) is 19.0. The summed E-state index contributed by atoms with van der Waals surface area (Å²) in [5.41, 5.74) is -3.15. The van der Waals surface area contributed by atoms with Gasteiger partial charge >= 0.3 is 15.6 Å². The van der Waals surface area contributed by atoms with E-state index in [1.165, 1.54) is 17.7 Å². The third-order valence-corrected chi connectivity index (χ3v) is 6.25. The second-order valence-corrected chi connectivity index (χ2v) is 9.70. The summed E-state index contributed by atoms with van der Waals surface area (Å²) in [7, 11) is -5.68. The molecule has 0 unspecified atom stereocenters. The Morgan fingerprint density at radius 2 is 1.38 bits per heavy atom. The normalized spacial score (nSPS) is 19.2. The molecule has 2 aromatic carbocycles. The van der Waals surface area contributed by atoms with E-state index in [2.05, 4.69) is 31.9 Å². The van der Waals surface area contributed by atoms with Gasteiger partial charge in [-0.05, 0) is 57.7 Å². The first-order chi connectivity index (χ1) is 11.7. The van der Waals surface area contributed by atoms with E-state index in [9.17, 15) is 21.6 Å². The first-order valence-electron chi connectivity index (χ1n) is 8.33. The van der Waals surface area contributed by atoms with E-state index in [1.807, 2.05) is 12.1 Å². The molecule has 0 amide bonds. The van der Waals surface area contributed by atoms with Crippen LogP contribution in [0.4, 0.5) is 13.2 Å². The monoisotopic (exact) mass is 386 g/mol. The van der Waals surface area contributed by atoms with Crippen molar-refractivity contribution in [3.8, 4) is 5.75 Å². The number of hydrogen-bond acceptors (Lipinski definition) is 3. The Hall–Kier alpha value is -1.76. The van der Waals surface area contributed by atoms with Crippen LogP contribution in [0.5, 0.6) is 5.75 Å². The fourth-order valence-electron chi connectivity index (χ4n) is 3.52. The number of rotatable bonds is 2. The van der Waals surface area contributed by atoms with Crippen molar-refractivity contribution < 1.29 is 25.8 Å². The van der Waals surface area contributed by atoms with Crippen LogP contribution in [-0.4, -0.2) is 13.9 Å². The summed E-state index contributed by atoms with van der Waals surface area (Å²) in [5, 5.41) is 1.50. The maximum atomic E-state index is 12.5. The molecule has 2 aromatic rings. The summed E-state index contributed by atoms with van der Waals surface area (Å²) in [4.78, 5) is 0. The maximum Gasteiger partial charge on any atom is 0.534 e. The van der Waals surface area contributed by atoms with Gasteiger partial charge in [-0.15, -0.1) is 0 Å². The molecule has 0 saturated carbocycles. The second-order valence-electron chi connectivity index (χ2n) is 8.16. The average molecular weight is 386 g/mol. The smallest absolute Gasteiger partial charge is 0.376 e. The summed E-state index contributed by atoms with van der Waals surface area (Å²) < 4.78 is 64.3. The van der Waals surface area contributed by atoms with Gasteiger partial charge in [-0.3, -0.25) is 0 Å². The molecule has 0 N–H and O–H groups in total. The quantitative estimate of drug-likeness (QED) is 0.511. The van der Waals surface area contributed by atoms with Gasteiger partial charge in [0, 0.05) is 0 Å². The van der Waals surface area contributed by atoms with Crippen molar-refractivity contribution in [2.75, 3.05) is 0 Å². The summed E-state index contributed by atoms with van der Waals surface area (Å²) in [6, 6.07) is 8.18. The van der Waals surface area contributed by atoms with Crippen molar-refractivity contribution in [2.45, 2.75) is 56.9 Å². The van der Waals surface area contributed by atoms with Crippen LogP contribution in [0.3, 0.4) is 0 Å². The van der Waals surface area contributed by atoms with Crippen LogP contribution < -0.4 is 4.18 Å². The molecular formula is C19H21F3O3S. The van der Waals surface area contributed by atoms with E-state index in [-0.39, 0.29) is 16.6 Å². The van der Waals surface area contributed by atoms with Crippen LogP contribution in [0.15, 0.2) is 30.3 Å². The topological polar surface area (TPSA) is 43.4 Å². The molecule has 142 valence electrons. The van der Waals surface area contributed by atoms with Crippen molar-refractivity contribution >= 4 is 20.9 Å². The highest BCUT2D eigenvalue weighted by molar-refractivity contribution is 7.88. The average Bonchev–Trinajstić information content (AvgIpc) is 2.49. The highest BCUT2D eigenvalue weighted by Gasteiger charge is 2.48. The van der Waals surface area contributed by atoms with Crippen LogP contribution in [0.25, 0.3) is 10.8 Å². The third-order valence-electron chi connectivity index (χ3n) is 5.27. The summed E-state index contributed by atoms with van der Waals surface area (Å²) in [6.07, 6.45) is 2.04. The van der Waals surface area contributed by atoms with E-state index >= 15 is 0 Å². The van der Waals surface area contributed by atoms with Gasteiger partial charge in [0.1, 0.15) is 5.75 Å². The highest BCUT2D eigenvalue weighted by Crippen LogP contribution is 2.47. The zero-order valence-electron chi connectivity index (χ0n) is 15.1. The van der Waals surface area contributed by atoms with E-state index < -0.39 is 15.6 Å². The molecule has 0 atom stereocenters. The van der Waals surface area contributed by atoms with Gasteiger partial charge < -0.3 is 4.18 Å². The summed E-state index contributed by atoms with van der Waals surface area (Å²) in [5.74, 6) is -0.345. The van der Waals surface area contributed by atoms with E-state index in [1.54, 1.807) is 6.07 Å². The Morgan fingerprint density at radius 3 is 1.88 bits per heavy atom. The zero-order chi connectivity index (χ0) is 19.5. The molecule has 0 aromatic heterocycles. The predicted molar refractivity (Wildman–Crippen MR) is 94.8 cm³/mol. The largest absolute Gasteiger partial charge is 0.534 e. The molecule has 7 heteroatoms. The Morgan fingerprint density at radius 1 is 0.885 bits per heavy atom. The summed E-state index contributed by atoms with van der Waals surface area (Å²) in [6.45, 7) is 8.64. The van der Waals surface area contributed by atoms with E-state index in [4.69, 9.17) is 0 Å². The number of halogens is 3. The van der Waals surface area contributed by atoms with E-state index in [0.29, 0.717) is 5.39 Å². The van der Waals surface area contributed by atoms with Crippen molar-refractivity contribution in [1.82, 2.24) is 0 Å². The molecule has 0 aliphatic heterocycles. The SMILES string of the molecule is CC1(C)CCC(C)(C)c2cc3cc(OS(=O)(=O)C(F)(F)F)ccc3cc21. The number of hydrogen-bond donors (Lipinski definition) is 0. The van der Waals surface area contributed by atoms with Gasteiger partial charge in [-0.2, -0.15) is 21.6 Å². The van der Waals surface area contributed by atoms with Gasteiger partial charge in [0.25, 0.3) is 0 Å². The van der Waals surface area contributed by atoms with Gasteiger partial charge in [0.05, 0.1) is 0 Å². The molecule has 1 aliphatic rings. The van der Waals surface area contributed by atoms with Crippen LogP contribution in [-0.2, 0) is 20.9 Å². The predicted octanol–water partition coefficient (Wildman–Crippen LogP) is 5.42. The minimum atomic E-state index is -5.68. The minimum absolute atomic E-state index is 0.00778. The lowest BCUT2D eigenvalue weighted by Gasteiger charge is -2.42. The van der Waals surface area contributed by atoms with Gasteiger partial charge in [-0.25, -0.2) is 0 Å². The fourth-order valence-corrected chi connectivity index (χ4v) is 3.97. The number of alkyl halides is 3. The van der Waals surface area contributed by atoms with Gasteiger partial charge in [0.2, 0.25) is 0 Å². The molecule has 0 heterocycles. The Bertz CT molecular complexity index is 973. The molecule has 0 spiro atoms. The molecule has 3 nitrogen and oxygen atoms in total. The third kappa shape index (κ3) is 3.17. The molecule has 0 bridgehead atoms. The van der Waals surface area contributed by atoms with Crippen molar-refractivity contribution in [1.29, 1.82) is 0 Å². The van der Waals surface area contributed by atoms with Crippen LogP contribution in [0.1, 0.15) is 51.7 Å². The maximum absolute atomic E-state index is 12.5. The Kier molecular flexibility index (Phi) is 4.11. The lowest BCUT2D eigenvalue weighted by Crippen LogP contribution is -2.33. The second kappa shape index (κ2) is 5.62. The summed E-state index contributed by atoms with van der Waals surface area (Å²) >= 11 is 0. The highest BCUT2D eigenvalue weighted by atomic mass is 32.2. The first-order valence-corrected chi connectivity index (χ1v) is 9.73. The standard InChI is InChI=1S/C19H21F3O3S/c1-17(2)7-8-18(3,4)16-11-13-9-14(6-5-12(13)10-15(16)17)25-26(23,24)19(20,21)22/h5-6,9-11H,7-8H2,1-4H3. The fraction of sp³-hybridized carbons (Fsp3) is 0.474. The zero-order valence-corrected chi connectivity index (χ0v) is 15.9. The molecule has 0 radical (unpaired) electrons. The van der Waals surface area contributed by atoms with Gasteiger partial charge in [-0.1, -0.05) is 45.9 Å². The lowest BCUT2D eigenvalue weighted by molar-refractivity contribution is -0.0500. The van der Waals surface area contributed by atoms with E-state index in [0.717, 1.165) is 23.8 Å². The lowest BCUT2D eigenvalue weighted by atomic mass is 9.63. The van der Waals surface area contributed by atoms with Crippen molar-refractivity contribution in [3.05, 3.63) is 41.5 Å². The van der Waals surface area contributed by atoms with Crippen LogP contribution in [0.2, 0.25) is 0 Å². The molecule has 1 aliphatic carbocycles. The minimum Gasteiger partial charge on any atom is -0.376 e. The van der Waals surface area contributed by atoms with Gasteiger partial charge in [0.15, 0.2) is 0 Å². The molecular weight excluding hydrogens is 365 g/mol. The number of fused-ring (bicyclic) bond motifs is 2. The number of benzene rings is 2. The molecule has 0 fully saturated rings.